The number of rotatable bonds is 2. The fourth-order valence-corrected chi connectivity index (χ4v) is 2.23. The molecule has 0 unspecified atom stereocenters. The van der Waals surface area contributed by atoms with Crippen LogP contribution in [-0.2, 0) is 0 Å². The number of pyridine rings is 2. The average Bonchev–Trinajstić information content (AvgIpc) is 2.51. The maximum atomic E-state index is 10.3. The first-order chi connectivity index (χ1) is 9.75. The van der Waals surface area contributed by atoms with Crippen LogP contribution in [0.15, 0.2) is 60.9 Å². The molecule has 0 saturated heterocycles. The van der Waals surface area contributed by atoms with Crippen LogP contribution < -0.4 is 0 Å². The van der Waals surface area contributed by atoms with Gasteiger partial charge in [0.05, 0.1) is 0 Å². The molecule has 0 radical (unpaired) electrons. The molecular formula is C17H14N2O. The maximum Gasteiger partial charge on any atom is 0.142 e. The van der Waals surface area contributed by atoms with Gasteiger partial charge >= 0.3 is 0 Å². The van der Waals surface area contributed by atoms with Gasteiger partial charge in [-0.3, -0.25) is 4.98 Å². The normalized spacial score (nSPS) is 10.4. The number of benzene rings is 1. The van der Waals surface area contributed by atoms with Crippen LogP contribution in [0, 0.1) is 6.92 Å². The van der Waals surface area contributed by atoms with E-state index in [1.54, 1.807) is 18.5 Å². The maximum absolute atomic E-state index is 10.3. The van der Waals surface area contributed by atoms with Crippen molar-refractivity contribution in [1.82, 2.24) is 9.97 Å². The smallest absolute Gasteiger partial charge is 0.142 e. The highest BCUT2D eigenvalue weighted by molar-refractivity contribution is 5.74. The van der Waals surface area contributed by atoms with E-state index in [0.29, 0.717) is 5.69 Å². The summed E-state index contributed by atoms with van der Waals surface area (Å²) in [7, 11) is 0. The monoisotopic (exact) mass is 262 g/mol. The van der Waals surface area contributed by atoms with E-state index in [0.717, 1.165) is 22.4 Å². The van der Waals surface area contributed by atoms with Crippen LogP contribution in [0.4, 0.5) is 0 Å². The van der Waals surface area contributed by atoms with E-state index in [1.165, 1.54) is 0 Å². The third-order valence-electron chi connectivity index (χ3n) is 3.23. The third kappa shape index (κ3) is 2.26. The van der Waals surface area contributed by atoms with Crippen molar-refractivity contribution in [3.63, 3.8) is 0 Å². The summed E-state index contributed by atoms with van der Waals surface area (Å²) in [6.45, 7) is 1.95. The van der Waals surface area contributed by atoms with E-state index in [2.05, 4.69) is 9.97 Å². The van der Waals surface area contributed by atoms with E-state index in [4.69, 9.17) is 0 Å². The first-order valence-electron chi connectivity index (χ1n) is 6.42. The second-order valence-electron chi connectivity index (χ2n) is 4.59. The molecular weight excluding hydrogens is 248 g/mol. The molecule has 2 aromatic heterocycles. The van der Waals surface area contributed by atoms with Gasteiger partial charge in [-0.15, -0.1) is 0 Å². The van der Waals surface area contributed by atoms with Crippen LogP contribution in [0.1, 0.15) is 5.69 Å². The van der Waals surface area contributed by atoms with E-state index < -0.39 is 0 Å². The molecule has 0 aliphatic heterocycles. The van der Waals surface area contributed by atoms with Gasteiger partial charge in [-0.25, -0.2) is 4.98 Å². The molecule has 1 aromatic carbocycles. The van der Waals surface area contributed by atoms with Crippen LogP contribution in [0.3, 0.4) is 0 Å². The average molecular weight is 262 g/mol. The summed E-state index contributed by atoms with van der Waals surface area (Å²) in [6, 6.07) is 15.3. The van der Waals surface area contributed by atoms with Crippen molar-refractivity contribution in [2.45, 2.75) is 6.92 Å². The molecule has 0 amide bonds. The molecule has 0 aliphatic carbocycles. The predicted molar refractivity (Wildman–Crippen MR) is 79.3 cm³/mol. The molecule has 0 aliphatic rings. The first kappa shape index (κ1) is 12.4. The second-order valence-corrected chi connectivity index (χ2v) is 4.59. The van der Waals surface area contributed by atoms with Gasteiger partial charge in [-0.1, -0.05) is 30.3 Å². The van der Waals surface area contributed by atoms with Gasteiger partial charge in [0, 0.05) is 29.2 Å². The zero-order chi connectivity index (χ0) is 13.9. The Morgan fingerprint density at radius 2 is 1.60 bits per heavy atom. The van der Waals surface area contributed by atoms with Crippen molar-refractivity contribution in [1.29, 1.82) is 0 Å². The zero-order valence-electron chi connectivity index (χ0n) is 11.1. The first-order valence-corrected chi connectivity index (χ1v) is 6.42. The fraction of sp³-hybridized carbons (Fsp3) is 0.0588. The highest BCUT2D eigenvalue weighted by atomic mass is 16.3. The Morgan fingerprint density at radius 1 is 0.900 bits per heavy atom. The van der Waals surface area contributed by atoms with Crippen LogP contribution >= 0.6 is 0 Å². The van der Waals surface area contributed by atoms with Crippen LogP contribution in [0.5, 0.6) is 5.75 Å². The van der Waals surface area contributed by atoms with Crippen molar-refractivity contribution in [3.05, 3.63) is 66.6 Å². The molecule has 98 valence electrons. The third-order valence-corrected chi connectivity index (χ3v) is 3.23. The Balaban J connectivity index is 2.13. The van der Waals surface area contributed by atoms with Gasteiger partial charge < -0.3 is 5.11 Å². The topological polar surface area (TPSA) is 46.0 Å². The van der Waals surface area contributed by atoms with Crippen molar-refractivity contribution >= 4 is 0 Å². The van der Waals surface area contributed by atoms with Crippen LogP contribution in [0.25, 0.3) is 22.4 Å². The molecule has 3 rings (SSSR count). The molecule has 0 atom stereocenters. The summed E-state index contributed by atoms with van der Waals surface area (Å²) in [5, 5.41) is 10.3. The molecule has 3 nitrogen and oxygen atoms in total. The predicted octanol–water partition coefficient (Wildman–Crippen LogP) is 3.82. The summed E-state index contributed by atoms with van der Waals surface area (Å²) in [6.07, 6.45) is 3.47. The number of aromatic nitrogens is 2. The standard InChI is InChI=1S/C17H14N2O/c1-12-15(13-7-9-18-10-8-13)11-16(20)17(19-12)14-5-3-2-4-6-14/h2-11,20H,1H3. The van der Waals surface area contributed by atoms with E-state index in [9.17, 15) is 5.11 Å². The Kier molecular flexibility index (Phi) is 3.17. The quantitative estimate of drug-likeness (QED) is 0.763. The zero-order valence-corrected chi connectivity index (χ0v) is 11.1. The van der Waals surface area contributed by atoms with Crippen molar-refractivity contribution in [3.8, 4) is 28.1 Å². The van der Waals surface area contributed by atoms with Crippen molar-refractivity contribution in [2.24, 2.45) is 0 Å². The summed E-state index contributed by atoms with van der Waals surface area (Å²) >= 11 is 0. The molecule has 2 heterocycles. The lowest BCUT2D eigenvalue weighted by Crippen LogP contribution is -1.92. The SMILES string of the molecule is Cc1nc(-c2ccccc2)c(O)cc1-c1ccncc1. The molecule has 3 aromatic rings. The Bertz CT molecular complexity index is 659. The molecule has 3 heteroatoms. The Morgan fingerprint density at radius 3 is 2.30 bits per heavy atom. The Hall–Kier alpha value is -2.68. The van der Waals surface area contributed by atoms with Gasteiger partial charge in [0.1, 0.15) is 11.4 Å². The number of nitrogens with zero attached hydrogens (tertiary/aromatic N) is 2. The van der Waals surface area contributed by atoms with Gasteiger partial charge in [-0.2, -0.15) is 0 Å². The van der Waals surface area contributed by atoms with Gasteiger partial charge in [0.2, 0.25) is 0 Å². The van der Waals surface area contributed by atoms with E-state index in [1.807, 2.05) is 49.4 Å². The summed E-state index contributed by atoms with van der Waals surface area (Å²) < 4.78 is 0. The van der Waals surface area contributed by atoms with E-state index in [-0.39, 0.29) is 5.75 Å². The highest BCUT2D eigenvalue weighted by Crippen LogP contribution is 2.33. The van der Waals surface area contributed by atoms with Crippen molar-refractivity contribution in [2.75, 3.05) is 0 Å². The molecule has 0 fully saturated rings. The minimum atomic E-state index is 0.189. The number of aryl methyl sites for hydroxylation is 1. The second kappa shape index (κ2) is 5.13. The fourth-order valence-electron chi connectivity index (χ4n) is 2.23. The molecule has 0 spiro atoms. The van der Waals surface area contributed by atoms with Gasteiger partial charge in [0.25, 0.3) is 0 Å². The minimum Gasteiger partial charge on any atom is -0.506 e. The van der Waals surface area contributed by atoms with Crippen LogP contribution in [-0.4, -0.2) is 15.1 Å². The Labute approximate surface area is 117 Å². The highest BCUT2D eigenvalue weighted by Gasteiger charge is 2.11. The number of aromatic hydroxyl groups is 1. The van der Waals surface area contributed by atoms with Crippen LogP contribution in [0.2, 0.25) is 0 Å². The number of hydrogen-bond donors (Lipinski definition) is 1. The summed E-state index contributed by atoms with van der Waals surface area (Å²) in [5.41, 5.74) is 4.33. The lowest BCUT2D eigenvalue weighted by Gasteiger charge is -2.10. The lowest BCUT2D eigenvalue weighted by molar-refractivity contribution is 0.475. The van der Waals surface area contributed by atoms with Gasteiger partial charge in [0.15, 0.2) is 0 Å². The van der Waals surface area contributed by atoms with Gasteiger partial charge in [-0.05, 0) is 30.7 Å². The lowest BCUT2D eigenvalue weighted by atomic mass is 10.0. The molecule has 0 bridgehead atoms. The van der Waals surface area contributed by atoms with E-state index >= 15 is 0 Å². The largest absolute Gasteiger partial charge is 0.506 e. The number of hydrogen-bond acceptors (Lipinski definition) is 3. The minimum absolute atomic E-state index is 0.189. The summed E-state index contributed by atoms with van der Waals surface area (Å²) in [5.74, 6) is 0.189. The summed E-state index contributed by atoms with van der Waals surface area (Å²) in [4.78, 5) is 8.55. The molecule has 20 heavy (non-hydrogen) atoms. The molecule has 1 N–H and O–H groups in total. The van der Waals surface area contributed by atoms with Crippen molar-refractivity contribution < 1.29 is 5.11 Å². The molecule has 0 saturated carbocycles.